The summed E-state index contributed by atoms with van der Waals surface area (Å²) in [5.74, 6) is 1.66. The molecule has 2 aromatic rings. The van der Waals surface area contributed by atoms with E-state index in [1.54, 1.807) is 0 Å². The average molecular weight is 287 g/mol. The van der Waals surface area contributed by atoms with Crippen molar-refractivity contribution >= 4 is 11.5 Å². The minimum Gasteiger partial charge on any atom is -0.370 e. The molecule has 0 saturated heterocycles. The molecule has 2 aromatic heterocycles. The molecule has 3 rings (SSSR count). The number of anilines is 1. The first kappa shape index (κ1) is 14.3. The molecule has 0 amide bonds. The van der Waals surface area contributed by atoms with Crippen LogP contribution in [0.1, 0.15) is 56.3 Å². The molecule has 0 aliphatic heterocycles. The van der Waals surface area contributed by atoms with Gasteiger partial charge in [0.1, 0.15) is 5.82 Å². The van der Waals surface area contributed by atoms with Gasteiger partial charge in [-0.15, -0.1) is 0 Å². The summed E-state index contributed by atoms with van der Waals surface area (Å²) in [5, 5.41) is 8.26. The van der Waals surface area contributed by atoms with Crippen LogP contribution in [0.2, 0.25) is 0 Å². The van der Waals surface area contributed by atoms with Crippen molar-refractivity contribution in [2.75, 3.05) is 18.4 Å². The topological polar surface area (TPSA) is 68.2 Å². The van der Waals surface area contributed by atoms with Gasteiger partial charge in [-0.3, -0.25) is 0 Å². The molecule has 21 heavy (non-hydrogen) atoms. The Morgan fingerprint density at radius 1 is 1.33 bits per heavy atom. The summed E-state index contributed by atoms with van der Waals surface area (Å²) in [5.41, 5.74) is 8.85. The van der Waals surface area contributed by atoms with E-state index in [0.717, 1.165) is 36.5 Å². The van der Waals surface area contributed by atoms with Crippen molar-refractivity contribution in [2.24, 2.45) is 5.73 Å². The molecular weight excluding hydrogens is 262 g/mol. The number of nitrogens with two attached hydrogens (primary N) is 1. The molecule has 5 heteroatoms. The third-order valence-electron chi connectivity index (χ3n) is 4.32. The van der Waals surface area contributed by atoms with Crippen molar-refractivity contribution < 1.29 is 0 Å². The van der Waals surface area contributed by atoms with E-state index in [9.17, 15) is 0 Å². The van der Waals surface area contributed by atoms with Gasteiger partial charge in [-0.25, -0.2) is 4.98 Å². The summed E-state index contributed by atoms with van der Waals surface area (Å²) in [6.07, 6.45) is 7.08. The van der Waals surface area contributed by atoms with Gasteiger partial charge in [0.15, 0.2) is 5.65 Å². The lowest BCUT2D eigenvalue weighted by molar-refractivity contribution is 0.684. The number of rotatable bonds is 6. The van der Waals surface area contributed by atoms with E-state index < -0.39 is 0 Å². The molecule has 0 bridgehead atoms. The first-order valence-electron chi connectivity index (χ1n) is 8.15. The predicted molar refractivity (Wildman–Crippen MR) is 85.7 cm³/mol. The minimum atomic E-state index is 0.619. The minimum absolute atomic E-state index is 0.619. The van der Waals surface area contributed by atoms with E-state index in [-0.39, 0.29) is 0 Å². The molecule has 1 saturated carbocycles. The third kappa shape index (κ3) is 3.02. The fourth-order valence-corrected chi connectivity index (χ4v) is 3.09. The lowest BCUT2D eigenvalue weighted by atomic mass is 10.1. The Kier molecular flexibility index (Phi) is 4.39. The van der Waals surface area contributed by atoms with Crippen LogP contribution in [-0.2, 0) is 6.42 Å². The SMILES string of the molecule is CCc1cc(NCCCN)n2nc(C3CCCC3)cc2n1. The first-order valence-corrected chi connectivity index (χ1v) is 8.15. The van der Waals surface area contributed by atoms with Crippen LogP contribution in [0, 0.1) is 0 Å². The molecule has 2 heterocycles. The van der Waals surface area contributed by atoms with Crippen LogP contribution in [0.5, 0.6) is 0 Å². The number of nitrogens with zero attached hydrogens (tertiary/aromatic N) is 3. The van der Waals surface area contributed by atoms with Crippen LogP contribution in [-0.4, -0.2) is 27.7 Å². The van der Waals surface area contributed by atoms with Gasteiger partial charge in [0.25, 0.3) is 0 Å². The molecule has 0 unspecified atom stereocenters. The molecule has 0 aromatic carbocycles. The second kappa shape index (κ2) is 6.43. The Labute approximate surface area is 125 Å². The zero-order chi connectivity index (χ0) is 14.7. The smallest absolute Gasteiger partial charge is 0.157 e. The van der Waals surface area contributed by atoms with Gasteiger partial charge in [0, 0.05) is 30.3 Å². The van der Waals surface area contributed by atoms with Gasteiger partial charge in [-0.2, -0.15) is 9.61 Å². The van der Waals surface area contributed by atoms with Gasteiger partial charge >= 0.3 is 0 Å². The highest BCUT2D eigenvalue weighted by molar-refractivity contribution is 5.51. The van der Waals surface area contributed by atoms with Crippen LogP contribution in [0.4, 0.5) is 5.82 Å². The van der Waals surface area contributed by atoms with E-state index in [0.29, 0.717) is 12.5 Å². The summed E-state index contributed by atoms with van der Waals surface area (Å²) in [6.45, 7) is 3.71. The molecular formula is C16H25N5. The number of nitrogens with one attached hydrogen (secondary N) is 1. The van der Waals surface area contributed by atoms with Crippen LogP contribution < -0.4 is 11.1 Å². The molecule has 0 spiro atoms. The number of hydrogen-bond donors (Lipinski definition) is 2. The Hall–Kier alpha value is -1.62. The highest BCUT2D eigenvalue weighted by Gasteiger charge is 2.21. The van der Waals surface area contributed by atoms with Crippen LogP contribution in [0.3, 0.4) is 0 Å². The van der Waals surface area contributed by atoms with Crippen LogP contribution in [0.15, 0.2) is 12.1 Å². The summed E-state index contributed by atoms with van der Waals surface area (Å²) < 4.78 is 1.96. The van der Waals surface area contributed by atoms with Gasteiger partial charge in [0.05, 0.1) is 5.69 Å². The maximum Gasteiger partial charge on any atom is 0.157 e. The number of hydrogen-bond acceptors (Lipinski definition) is 4. The number of aryl methyl sites for hydroxylation is 1. The third-order valence-corrected chi connectivity index (χ3v) is 4.32. The first-order chi connectivity index (χ1) is 10.3. The van der Waals surface area contributed by atoms with Gasteiger partial charge < -0.3 is 11.1 Å². The van der Waals surface area contributed by atoms with Crippen molar-refractivity contribution in [3.05, 3.63) is 23.5 Å². The Morgan fingerprint density at radius 2 is 2.14 bits per heavy atom. The monoisotopic (exact) mass is 287 g/mol. The highest BCUT2D eigenvalue weighted by atomic mass is 15.3. The van der Waals surface area contributed by atoms with Gasteiger partial charge in [0.2, 0.25) is 0 Å². The van der Waals surface area contributed by atoms with E-state index in [1.165, 1.54) is 31.4 Å². The summed E-state index contributed by atoms with van der Waals surface area (Å²) in [4.78, 5) is 4.71. The summed E-state index contributed by atoms with van der Waals surface area (Å²) in [6, 6.07) is 4.28. The highest BCUT2D eigenvalue weighted by Crippen LogP contribution is 2.33. The Bertz CT molecular complexity index is 598. The van der Waals surface area contributed by atoms with E-state index in [1.807, 2.05) is 4.52 Å². The zero-order valence-corrected chi connectivity index (χ0v) is 12.8. The molecule has 114 valence electrons. The Balaban J connectivity index is 1.94. The zero-order valence-electron chi connectivity index (χ0n) is 12.8. The molecule has 0 radical (unpaired) electrons. The normalized spacial score (nSPS) is 15.9. The molecule has 0 atom stereocenters. The summed E-state index contributed by atoms with van der Waals surface area (Å²) >= 11 is 0. The largest absolute Gasteiger partial charge is 0.370 e. The molecule has 1 fully saturated rings. The van der Waals surface area contributed by atoms with Crippen LogP contribution in [0.25, 0.3) is 5.65 Å². The number of fused-ring (bicyclic) bond motifs is 1. The number of aromatic nitrogens is 3. The molecule has 5 nitrogen and oxygen atoms in total. The Morgan fingerprint density at radius 3 is 2.86 bits per heavy atom. The second-order valence-corrected chi connectivity index (χ2v) is 5.88. The van der Waals surface area contributed by atoms with Crippen molar-refractivity contribution in [2.45, 2.75) is 51.4 Å². The van der Waals surface area contributed by atoms with Crippen molar-refractivity contribution in [1.82, 2.24) is 14.6 Å². The summed E-state index contributed by atoms with van der Waals surface area (Å²) in [7, 11) is 0. The molecule has 1 aliphatic carbocycles. The predicted octanol–water partition coefficient (Wildman–Crippen LogP) is 2.71. The van der Waals surface area contributed by atoms with Crippen molar-refractivity contribution in [3.8, 4) is 0 Å². The lowest BCUT2D eigenvalue weighted by Gasteiger charge is -2.09. The van der Waals surface area contributed by atoms with Crippen LogP contribution >= 0.6 is 0 Å². The standard InChI is InChI=1S/C16H25N5/c1-2-13-10-15(18-9-5-8-17)21-16(19-13)11-14(20-21)12-6-3-4-7-12/h10-12,18H,2-9,17H2,1H3. The maximum atomic E-state index is 5.57. The molecule has 3 N–H and O–H groups in total. The van der Waals surface area contributed by atoms with E-state index in [2.05, 4.69) is 24.4 Å². The fourth-order valence-electron chi connectivity index (χ4n) is 3.09. The van der Waals surface area contributed by atoms with E-state index in [4.69, 9.17) is 15.8 Å². The fraction of sp³-hybridized carbons (Fsp3) is 0.625. The lowest BCUT2D eigenvalue weighted by Crippen LogP contribution is -2.12. The molecule has 1 aliphatic rings. The van der Waals surface area contributed by atoms with E-state index >= 15 is 0 Å². The second-order valence-electron chi connectivity index (χ2n) is 5.88. The maximum absolute atomic E-state index is 5.57. The van der Waals surface area contributed by atoms with Gasteiger partial charge in [-0.05, 0) is 32.2 Å². The van der Waals surface area contributed by atoms with Crippen molar-refractivity contribution in [3.63, 3.8) is 0 Å². The quantitative estimate of drug-likeness (QED) is 0.802. The van der Waals surface area contributed by atoms with Crippen molar-refractivity contribution in [1.29, 1.82) is 0 Å². The average Bonchev–Trinajstić information content (AvgIpc) is 3.15. The van der Waals surface area contributed by atoms with Gasteiger partial charge in [-0.1, -0.05) is 19.8 Å².